The first-order valence-electron chi connectivity index (χ1n) is 6.75. The lowest BCUT2D eigenvalue weighted by Crippen LogP contribution is -2.45. The molecule has 4 nitrogen and oxygen atoms in total. The summed E-state index contributed by atoms with van der Waals surface area (Å²) in [7, 11) is 2.06. The number of likely N-dealkylation sites (N-methyl/N-ethyl adjacent to an activating group) is 1. The van der Waals surface area contributed by atoms with Gasteiger partial charge in [0.2, 0.25) is 0 Å². The van der Waals surface area contributed by atoms with Crippen LogP contribution < -0.4 is 5.32 Å². The molecule has 0 atom stereocenters. The summed E-state index contributed by atoms with van der Waals surface area (Å²) in [6, 6.07) is 5.27. The summed E-state index contributed by atoms with van der Waals surface area (Å²) in [6.45, 7) is 7.10. The molecule has 2 rings (SSSR count). The van der Waals surface area contributed by atoms with Crippen LogP contribution in [0.5, 0.6) is 5.75 Å². The fraction of sp³-hybridized carbons (Fsp3) is 0.571. The molecule has 2 N–H and O–H groups in total. The van der Waals surface area contributed by atoms with Gasteiger partial charge < -0.3 is 15.3 Å². The number of nitrogens with one attached hydrogen (secondary N) is 1. The molecule has 106 valence electrons. The molecule has 1 aliphatic rings. The van der Waals surface area contributed by atoms with Gasteiger partial charge in [-0.2, -0.15) is 0 Å². The molecule has 0 amide bonds. The lowest BCUT2D eigenvalue weighted by atomic mass is 10.2. The summed E-state index contributed by atoms with van der Waals surface area (Å²) >= 11 is 6.12. The normalized spacial score (nSPS) is 17.0. The van der Waals surface area contributed by atoms with Gasteiger partial charge in [-0.3, -0.25) is 4.90 Å². The standard InChI is InChI=1S/C14H22ClN3O/c1-17(9-10-18-7-5-16-6-8-18)11-12-13(15)3-2-4-14(12)19/h2-4,16,19H,5-11H2,1H3. The van der Waals surface area contributed by atoms with E-state index in [0.717, 1.165) is 44.8 Å². The van der Waals surface area contributed by atoms with Crippen molar-refractivity contribution in [2.75, 3.05) is 46.3 Å². The minimum atomic E-state index is 0.279. The summed E-state index contributed by atoms with van der Waals surface area (Å²) < 4.78 is 0. The van der Waals surface area contributed by atoms with E-state index < -0.39 is 0 Å². The number of aromatic hydroxyl groups is 1. The minimum Gasteiger partial charge on any atom is -0.508 e. The Morgan fingerprint density at radius 3 is 2.79 bits per heavy atom. The summed E-state index contributed by atoms with van der Waals surface area (Å²) in [5.41, 5.74) is 0.812. The molecule has 1 saturated heterocycles. The van der Waals surface area contributed by atoms with Crippen molar-refractivity contribution < 1.29 is 5.11 Å². The van der Waals surface area contributed by atoms with Gasteiger partial charge in [0.05, 0.1) is 0 Å². The second kappa shape index (κ2) is 7.10. The number of nitrogens with zero attached hydrogens (tertiary/aromatic N) is 2. The van der Waals surface area contributed by atoms with Crippen LogP contribution in [0.3, 0.4) is 0 Å². The van der Waals surface area contributed by atoms with Gasteiger partial charge in [-0.05, 0) is 19.2 Å². The molecule has 0 aliphatic carbocycles. The summed E-state index contributed by atoms with van der Waals surface area (Å²) in [6.07, 6.45) is 0. The predicted octanol–water partition coefficient (Wildman–Crippen LogP) is 1.38. The Hall–Kier alpha value is -0.810. The number of benzene rings is 1. The molecule has 1 aromatic rings. The van der Waals surface area contributed by atoms with Crippen molar-refractivity contribution in [3.05, 3.63) is 28.8 Å². The Morgan fingerprint density at radius 1 is 1.37 bits per heavy atom. The van der Waals surface area contributed by atoms with Gasteiger partial charge in [0.25, 0.3) is 0 Å². The van der Waals surface area contributed by atoms with E-state index in [2.05, 4.69) is 22.2 Å². The van der Waals surface area contributed by atoms with E-state index in [1.165, 1.54) is 0 Å². The van der Waals surface area contributed by atoms with Crippen molar-refractivity contribution in [3.8, 4) is 5.75 Å². The van der Waals surface area contributed by atoms with Crippen molar-refractivity contribution in [1.29, 1.82) is 0 Å². The van der Waals surface area contributed by atoms with Gasteiger partial charge >= 0.3 is 0 Å². The van der Waals surface area contributed by atoms with Gasteiger partial charge in [0.15, 0.2) is 0 Å². The average molecular weight is 284 g/mol. The molecule has 1 aliphatic heterocycles. The van der Waals surface area contributed by atoms with Crippen molar-refractivity contribution in [2.45, 2.75) is 6.54 Å². The summed E-state index contributed by atoms with van der Waals surface area (Å²) in [5, 5.41) is 13.8. The lowest BCUT2D eigenvalue weighted by molar-refractivity contribution is 0.201. The van der Waals surface area contributed by atoms with E-state index in [0.29, 0.717) is 11.6 Å². The third-order valence-electron chi connectivity index (χ3n) is 3.53. The summed E-state index contributed by atoms with van der Waals surface area (Å²) in [4.78, 5) is 4.66. The molecule has 1 aromatic carbocycles. The molecular formula is C14H22ClN3O. The van der Waals surface area contributed by atoms with Crippen molar-refractivity contribution >= 4 is 11.6 Å². The molecule has 5 heteroatoms. The van der Waals surface area contributed by atoms with Gasteiger partial charge in [-0.1, -0.05) is 17.7 Å². The average Bonchev–Trinajstić information content (AvgIpc) is 2.42. The van der Waals surface area contributed by atoms with Gasteiger partial charge in [0, 0.05) is 56.4 Å². The fourth-order valence-corrected chi connectivity index (χ4v) is 2.53. The Labute approximate surface area is 120 Å². The fourth-order valence-electron chi connectivity index (χ4n) is 2.30. The Bertz CT molecular complexity index is 387. The maximum Gasteiger partial charge on any atom is 0.121 e. The third kappa shape index (κ3) is 4.35. The monoisotopic (exact) mass is 283 g/mol. The number of hydrogen-bond acceptors (Lipinski definition) is 4. The van der Waals surface area contributed by atoms with Crippen LogP contribution in [0.15, 0.2) is 18.2 Å². The topological polar surface area (TPSA) is 38.7 Å². The molecule has 19 heavy (non-hydrogen) atoms. The Morgan fingerprint density at radius 2 is 2.11 bits per heavy atom. The minimum absolute atomic E-state index is 0.279. The highest BCUT2D eigenvalue weighted by Gasteiger charge is 2.12. The van der Waals surface area contributed by atoms with Gasteiger partial charge in [-0.15, -0.1) is 0 Å². The van der Waals surface area contributed by atoms with Crippen LogP contribution in [-0.2, 0) is 6.54 Å². The van der Waals surface area contributed by atoms with Crippen LogP contribution in [0.1, 0.15) is 5.56 Å². The molecule has 1 fully saturated rings. The molecule has 0 radical (unpaired) electrons. The van der Waals surface area contributed by atoms with E-state index in [4.69, 9.17) is 11.6 Å². The van der Waals surface area contributed by atoms with Crippen LogP contribution in [-0.4, -0.2) is 61.2 Å². The van der Waals surface area contributed by atoms with E-state index >= 15 is 0 Å². The number of phenolic OH excluding ortho intramolecular Hbond substituents is 1. The number of hydrogen-bond donors (Lipinski definition) is 2. The Balaban J connectivity index is 1.82. The zero-order valence-corrected chi connectivity index (χ0v) is 12.2. The predicted molar refractivity (Wildman–Crippen MR) is 78.8 cm³/mol. The SMILES string of the molecule is CN(CCN1CCNCC1)Cc1c(O)cccc1Cl. The van der Waals surface area contributed by atoms with Crippen LogP contribution in [0, 0.1) is 0 Å². The quantitative estimate of drug-likeness (QED) is 0.856. The molecule has 0 unspecified atom stereocenters. The van der Waals surface area contributed by atoms with E-state index in [1.54, 1.807) is 12.1 Å². The highest BCUT2D eigenvalue weighted by atomic mass is 35.5. The van der Waals surface area contributed by atoms with Gasteiger partial charge in [-0.25, -0.2) is 0 Å². The zero-order valence-electron chi connectivity index (χ0n) is 11.4. The van der Waals surface area contributed by atoms with Crippen LogP contribution >= 0.6 is 11.6 Å². The van der Waals surface area contributed by atoms with Crippen molar-refractivity contribution in [1.82, 2.24) is 15.1 Å². The van der Waals surface area contributed by atoms with Crippen LogP contribution in [0.4, 0.5) is 0 Å². The number of rotatable bonds is 5. The lowest BCUT2D eigenvalue weighted by Gasteiger charge is -2.29. The number of halogens is 1. The second-order valence-electron chi connectivity index (χ2n) is 5.07. The summed E-state index contributed by atoms with van der Waals surface area (Å²) in [5.74, 6) is 0.279. The highest BCUT2D eigenvalue weighted by molar-refractivity contribution is 6.31. The first kappa shape index (κ1) is 14.6. The first-order chi connectivity index (χ1) is 9.16. The largest absolute Gasteiger partial charge is 0.508 e. The number of phenols is 1. The van der Waals surface area contributed by atoms with Crippen LogP contribution in [0.2, 0.25) is 5.02 Å². The first-order valence-corrected chi connectivity index (χ1v) is 7.12. The van der Waals surface area contributed by atoms with Gasteiger partial charge in [0.1, 0.15) is 5.75 Å². The smallest absolute Gasteiger partial charge is 0.121 e. The molecular weight excluding hydrogens is 262 g/mol. The maximum atomic E-state index is 9.83. The number of piperazine rings is 1. The highest BCUT2D eigenvalue weighted by Crippen LogP contribution is 2.26. The maximum absolute atomic E-state index is 9.83. The van der Waals surface area contributed by atoms with E-state index in [-0.39, 0.29) is 5.75 Å². The third-order valence-corrected chi connectivity index (χ3v) is 3.88. The van der Waals surface area contributed by atoms with E-state index in [1.807, 2.05) is 6.07 Å². The molecule has 0 spiro atoms. The molecule has 0 saturated carbocycles. The molecule has 1 heterocycles. The van der Waals surface area contributed by atoms with Crippen molar-refractivity contribution in [3.63, 3.8) is 0 Å². The zero-order chi connectivity index (χ0) is 13.7. The van der Waals surface area contributed by atoms with E-state index in [9.17, 15) is 5.11 Å². The molecule has 0 bridgehead atoms. The van der Waals surface area contributed by atoms with Crippen molar-refractivity contribution in [2.24, 2.45) is 0 Å². The van der Waals surface area contributed by atoms with Crippen LogP contribution in [0.25, 0.3) is 0 Å². The second-order valence-corrected chi connectivity index (χ2v) is 5.47. The Kier molecular flexibility index (Phi) is 5.45. The molecule has 0 aromatic heterocycles.